The molecule has 1 aliphatic heterocycles. The maximum atomic E-state index is 5.32. The number of pyridine rings is 1. The van der Waals surface area contributed by atoms with Crippen LogP contribution in [0.15, 0.2) is 23.1 Å². The molecule has 2 aromatic heterocycles. The van der Waals surface area contributed by atoms with E-state index in [1.807, 2.05) is 0 Å². The summed E-state index contributed by atoms with van der Waals surface area (Å²) in [7, 11) is 0. The van der Waals surface area contributed by atoms with E-state index in [4.69, 9.17) is 4.74 Å². The van der Waals surface area contributed by atoms with E-state index in [1.165, 1.54) is 0 Å². The summed E-state index contributed by atoms with van der Waals surface area (Å²) in [6, 6.07) is 0. The van der Waals surface area contributed by atoms with Gasteiger partial charge in [-0.3, -0.25) is 4.98 Å². The Hall–Kier alpha value is -1.27. The first-order chi connectivity index (χ1) is 8.34. The van der Waals surface area contributed by atoms with Gasteiger partial charge in [-0.05, 0) is 15.9 Å². The second-order valence-electron chi connectivity index (χ2n) is 3.82. The number of morpholine rings is 1. The summed E-state index contributed by atoms with van der Waals surface area (Å²) in [5.41, 5.74) is 1.65. The van der Waals surface area contributed by atoms with E-state index in [2.05, 4.69) is 35.8 Å². The van der Waals surface area contributed by atoms with Crippen LogP contribution in [0.5, 0.6) is 0 Å². The van der Waals surface area contributed by atoms with Gasteiger partial charge in [0, 0.05) is 19.3 Å². The Balaban J connectivity index is 2.03. The minimum Gasteiger partial charge on any atom is -0.378 e. The van der Waals surface area contributed by atoms with Crippen molar-refractivity contribution in [3.05, 3.63) is 23.1 Å². The number of rotatable bonds is 1. The highest BCUT2D eigenvalue weighted by Gasteiger charge is 2.13. The van der Waals surface area contributed by atoms with Gasteiger partial charge in [0.1, 0.15) is 16.9 Å². The van der Waals surface area contributed by atoms with E-state index < -0.39 is 0 Å². The van der Waals surface area contributed by atoms with Gasteiger partial charge < -0.3 is 9.64 Å². The molecular weight excluding hydrogens is 284 g/mol. The molecule has 3 heterocycles. The molecule has 0 unspecified atom stereocenters. The van der Waals surface area contributed by atoms with Crippen molar-refractivity contribution in [2.45, 2.75) is 0 Å². The standard InChI is InChI=1S/C11H11BrN4O/c12-8-5-13-6-9-11(8)15-10(7-14-9)16-1-3-17-4-2-16/h5-7H,1-4H2. The van der Waals surface area contributed by atoms with E-state index in [0.29, 0.717) is 0 Å². The molecule has 17 heavy (non-hydrogen) atoms. The molecule has 6 heteroatoms. The zero-order valence-corrected chi connectivity index (χ0v) is 10.7. The topological polar surface area (TPSA) is 51.1 Å². The largest absolute Gasteiger partial charge is 0.378 e. The van der Waals surface area contributed by atoms with Crippen LogP contribution in [-0.4, -0.2) is 41.3 Å². The van der Waals surface area contributed by atoms with E-state index in [1.54, 1.807) is 18.6 Å². The highest BCUT2D eigenvalue weighted by molar-refractivity contribution is 9.10. The molecule has 0 saturated carbocycles. The normalized spacial score (nSPS) is 16.4. The van der Waals surface area contributed by atoms with Crippen molar-refractivity contribution in [2.24, 2.45) is 0 Å². The van der Waals surface area contributed by atoms with Crippen LogP contribution in [-0.2, 0) is 4.74 Å². The predicted octanol–water partition coefficient (Wildman–Crippen LogP) is 1.62. The fourth-order valence-electron chi connectivity index (χ4n) is 1.84. The molecule has 0 bridgehead atoms. The highest BCUT2D eigenvalue weighted by Crippen LogP contribution is 2.22. The van der Waals surface area contributed by atoms with Gasteiger partial charge in [0.05, 0.1) is 30.1 Å². The number of hydrogen-bond donors (Lipinski definition) is 0. The van der Waals surface area contributed by atoms with Gasteiger partial charge in [-0.15, -0.1) is 0 Å². The molecule has 0 N–H and O–H groups in total. The lowest BCUT2D eigenvalue weighted by Gasteiger charge is -2.27. The Morgan fingerprint density at radius 3 is 2.82 bits per heavy atom. The van der Waals surface area contributed by atoms with Crippen LogP contribution in [0.3, 0.4) is 0 Å². The molecule has 0 amide bonds. The fourth-order valence-corrected chi connectivity index (χ4v) is 2.25. The fraction of sp³-hybridized carbons (Fsp3) is 0.364. The van der Waals surface area contributed by atoms with Gasteiger partial charge in [0.2, 0.25) is 0 Å². The summed E-state index contributed by atoms with van der Waals surface area (Å²) in [5.74, 6) is 0.896. The second-order valence-corrected chi connectivity index (χ2v) is 4.67. The first-order valence-corrected chi connectivity index (χ1v) is 6.23. The van der Waals surface area contributed by atoms with E-state index in [-0.39, 0.29) is 0 Å². The molecule has 1 saturated heterocycles. The Kier molecular flexibility index (Phi) is 2.90. The number of ether oxygens (including phenoxy) is 1. The summed E-state index contributed by atoms with van der Waals surface area (Å²) in [5, 5.41) is 0. The molecule has 88 valence electrons. The summed E-state index contributed by atoms with van der Waals surface area (Å²) in [6.45, 7) is 3.22. The first kappa shape index (κ1) is 10.9. The van der Waals surface area contributed by atoms with Crippen LogP contribution in [0.25, 0.3) is 11.0 Å². The summed E-state index contributed by atoms with van der Waals surface area (Å²) >= 11 is 3.45. The molecule has 5 nitrogen and oxygen atoms in total. The monoisotopic (exact) mass is 294 g/mol. The van der Waals surface area contributed by atoms with Crippen molar-refractivity contribution in [2.75, 3.05) is 31.2 Å². The van der Waals surface area contributed by atoms with Crippen molar-refractivity contribution >= 4 is 32.8 Å². The molecule has 1 aliphatic rings. The smallest absolute Gasteiger partial charge is 0.148 e. The SMILES string of the molecule is Brc1cncc2ncc(N3CCOCC3)nc12. The van der Waals surface area contributed by atoms with Gasteiger partial charge in [-0.2, -0.15) is 0 Å². The summed E-state index contributed by atoms with van der Waals surface area (Å²) < 4.78 is 6.20. The number of fused-ring (bicyclic) bond motifs is 1. The molecule has 0 radical (unpaired) electrons. The molecule has 2 aromatic rings. The predicted molar refractivity (Wildman–Crippen MR) is 68.1 cm³/mol. The van der Waals surface area contributed by atoms with Crippen molar-refractivity contribution in [3.63, 3.8) is 0 Å². The molecule has 0 spiro atoms. The van der Waals surface area contributed by atoms with Crippen LogP contribution in [0, 0.1) is 0 Å². The van der Waals surface area contributed by atoms with Crippen LogP contribution < -0.4 is 4.90 Å². The third kappa shape index (κ3) is 2.10. The average Bonchev–Trinajstić information content (AvgIpc) is 2.40. The Labute approximate surface area is 107 Å². The van der Waals surface area contributed by atoms with Crippen molar-refractivity contribution in [1.29, 1.82) is 0 Å². The van der Waals surface area contributed by atoms with Gasteiger partial charge >= 0.3 is 0 Å². The lowest BCUT2D eigenvalue weighted by molar-refractivity contribution is 0.122. The van der Waals surface area contributed by atoms with E-state index in [0.717, 1.165) is 47.6 Å². The molecule has 3 rings (SSSR count). The molecule has 1 fully saturated rings. The van der Waals surface area contributed by atoms with Crippen LogP contribution >= 0.6 is 15.9 Å². The van der Waals surface area contributed by atoms with Crippen molar-refractivity contribution < 1.29 is 4.74 Å². The second kappa shape index (κ2) is 4.54. The number of aromatic nitrogens is 3. The van der Waals surface area contributed by atoms with Gasteiger partial charge in [0.25, 0.3) is 0 Å². The third-order valence-corrected chi connectivity index (χ3v) is 3.31. The lowest BCUT2D eigenvalue weighted by Crippen LogP contribution is -2.36. The molecule has 0 aromatic carbocycles. The third-order valence-electron chi connectivity index (χ3n) is 2.73. The number of hydrogen-bond acceptors (Lipinski definition) is 5. The zero-order valence-electron chi connectivity index (χ0n) is 9.14. The maximum absolute atomic E-state index is 5.32. The minimum absolute atomic E-state index is 0.747. The summed E-state index contributed by atoms with van der Waals surface area (Å²) in [6.07, 6.45) is 5.25. The van der Waals surface area contributed by atoms with Crippen LogP contribution in [0.2, 0.25) is 0 Å². The molecule has 0 aliphatic carbocycles. The van der Waals surface area contributed by atoms with E-state index in [9.17, 15) is 0 Å². The molecule has 0 atom stereocenters. The van der Waals surface area contributed by atoms with Crippen LogP contribution in [0.1, 0.15) is 0 Å². The maximum Gasteiger partial charge on any atom is 0.148 e. The minimum atomic E-state index is 0.747. The number of halogens is 1. The average molecular weight is 295 g/mol. The molecular formula is C11H11BrN4O. The first-order valence-electron chi connectivity index (χ1n) is 5.43. The van der Waals surface area contributed by atoms with Crippen molar-refractivity contribution in [3.8, 4) is 0 Å². The van der Waals surface area contributed by atoms with Gasteiger partial charge in [-0.1, -0.05) is 0 Å². The van der Waals surface area contributed by atoms with Gasteiger partial charge in [0.15, 0.2) is 0 Å². The highest BCUT2D eigenvalue weighted by atomic mass is 79.9. The zero-order chi connectivity index (χ0) is 11.7. The number of anilines is 1. The van der Waals surface area contributed by atoms with Gasteiger partial charge in [-0.25, -0.2) is 9.97 Å². The Morgan fingerprint density at radius 1 is 1.18 bits per heavy atom. The summed E-state index contributed by atoms with van der Waals surface area (Å²) in [4.78, 5) is 15.3. The quantitative estimate of drug-likeness (QED) is 0.800. The van der Waals surface area contributed by atoms with E-state index >= 15 is 0 Å². The van der Waals surface area contributed by atoms with Crippen molar-refractivity contribution in [1.82, 2.24) is 15.0 Å². The lowest BCUT2D eigenvalue weighted by atomic mass is 10.3. The van der Waals surface area contributed by atoms with Crippen LogP contribution in [0.4, 0.5) is 5.82 Å². The number of nitrogens with zero attached hydrogens (tertiary/aromatic N) is 4. The Bertz CT molecular complexity index is 542. The Morgan fingerprint density at radius 2 is 2.00 bits per heavy atom.